The molecule has 1 aliphatic rings. The smallest absolute Gasteiger partial charge is 0.351 e. The van der Waals surface area contributed by atoms with E-state index in [0.29, 0.717) is 17.7 Å². The van der Waals surface area contributed by atoms with Crippen molar-refractivity contribution in [3.63, 3.8) is 0 Å². The molecule has 186 valence electrons. The number of sulfonamides is 1. The molecule has 0 bridgehead atoms. The highest BCUT2D eigenvalue weighted by Crippen LogP contribution is 2.46. The molecule has 2 N–H and O–H groups in total. The van der Waals surface area contributed by atoms with E-state index in [1.54, 1.807) is 43.0 Å². The predicted molar refractivity (Wildman–Crippen MR) is 124 cm³/mol. The first kappa shape index (κ1) is 26.2. The summed E-state index contributed by atoms with van der Waals surface area (Å²) in [6.45, 7) is 3.51. The summed E-state index contributed by atoms with van der Waals surface area (Å²) in [6.07, 6.45) is -4.97. The van der Waals surface area contributed by atoms with Gasteiger partial charge >= 0.3 is 6.18 Å². The van der Waals surface area contributed by atoms with Crippen molar-refractivity contribution in [1.29, 1.82) is 0 Å². The van der Waals surface area contributed by atoms with Crippen molar-refractivity contribution >= 4 is 15.9 Å². The topological polar surface area (TPSA) is 78.5 Å². The van der Waals surface area contributed by atoms with Crippen molar-refractivity contribution in [3.05, 3.63) is 71.3 Å². The fraction of sp³-hybridized carbons (Fsp3) is 0.458. The number of nitrogens with one attached hydrogen (secondary N) is 2. The fourth-order valence-electron chi connectivity index (χ4n) is 4.14. The summed E-state index contributed by atoms with van der Waals surface area (Å²) in [7, 11) is -3.49. The van der Waals surface area contributed by atoms with E-state index in [4.69, 9.17) is 0 Å². The van der Waals surface area contributed by atoms with Crippen LogP contribution < -0.4 is 10.0 Å². The third-order valence-electron chi connectivity index (χ3n) is 5.82. The molecule has 0 saturated carbocycles. The van der Waals surface area contributed by atoms with Crippen molar-refractivity contribution in [2.24, 2.45) is 5.41 Å². The van der Waals surface area contributed by atoms with Gasteiger partial charge in [0, 0.05) is 25.7 Å². The summed E-state index contributed by atoms with van der Waals surface area (Å²) in [5, 5.41) is 2.45. The van der Waals surface area contributed by atoms with E-state index in [1.807, 2.05) is 30.3 Å². The zero-order chi connectivity index (χ0) is 25.0. The Bertz CT molecular complexity index is 1070. The Morgan fingerprint density at radius 3 is 2.24 bits per heavy atom. The molecule has 2 aromatic carbocycles. The minimum atomic E-state index is -4.68. The minimum absolute atomic E-state index is 0.0768. The molecule has 0 radical (unpaired) electrons. The first-order chi connectivity index (χ1) is 15.9. The number of likely N-dealkylation sites (tertiary alicyclic amines) is 1. The maximum atomic E-state index is 14.1. The van der Waals surface area contributed by atoms with Gasteiger partial charge in [-0.15, -0.1) is 0 Å². The Labute approximate surface area is 198 Å². The summed E-state index contributed by atoms with van der Waals surface area (Å²) < 4.78 is 68.8. The molecule has 1 aliphatic heterocycles. The van der Waals surface area contributed by atoms with Gasteiger partial charge in [0.2, 0.25) is 15.9 Å². The van der Waals surface area contributed by atoms with Gasteiger partial charge in [0.25, 0.3) is 0 Å². The van der Waals surface area contributed by atoms with E-state index in [9.17, 15) is 26.4 Å². The Morgan fingerprint density at radius 2 is 1.65 bits per heavy atom. The standard InChI is InChI=1S/C24H30F3N3O3S/c1-18(2)29-34(32,33)16-21-10-8-19(9-11-21)14-28-22(31)23(24(25,26)27)12-13-30(17-23)15-20-6-4-3-5-7-20/h3-11,18,29H,12-17H2,1-2H3,(H,28,31). The molecule has 1 saturated heterocycles. The van der Waals surface area contributed by atoms with Gasteiger partial charge in [0.15, 0.2) is 5.41 Å². The number of alkyl halides is 3. The summed E-state index contributed by atoms with van der Waals surface area (Å²) in [6, 6.07) is 15.4. The van der Waals surface area contributed by atoms with Crippen molar-refractivity contribution in [2.75, 3.05) is 13.1 Å². The molecule has 1 fully saturated rings. The van der Waals surface area contributed by atoms with E-state index in [2.05, 4.69) is 10.0 Å². The Hall–Kier alpha value is -2.43. The third-order valence-corrected chi connectivity index (χ3v) is 7.37. The number of carbonyl (C=O) groups is 1. The van der Waals surface area contributed by atoms with Gasteiger partial charge in [-0.25, -0.2) is 13.1 Å². The highest BCUT2D eigenvalue weighted by Gasteiger charge is 2.62. The minimum Gasteiger partial charge on any atom is -0.351 e. The number of nitrogens with zero attached hydrogens (tertiary/aromatic N) is 1. The number of hydrogen-bond donors (Lipinski definition) is 2. The highest BCUT2D eigenvalue weighted by molar-refractivity contribution is 7.88. The number of rotatable bonds is 9. The summed E-state index contributed by atoms with van der Waals surface area (Å²) in [4.78, 5) is 14.5. The maximum absolute atomic E-state index is 14.1. The van der Waals surface area contributed by atoms with Gasteiger partial charge in [0.1, 0.15) is 0 Å². The van der Waals surface area contributed by atoms with E-state index in [0.717, 1.165) is 5.56 Å². The van der Waals surface area contributed by atoms with Gasteiger partial charge in [-0.2, -0.15) is 13.2 Å². The molecule has 10 heteroatoms. The van der Waals surface area contributed by atoms with Crippen molar-refractivity contribution in [2.45, 2.75) is 51.3 Å². The first-order valence-corrected chi connectivity index (χ1v) is 12.7. The van der Waals surface area contributed by atoms with Crippen LogP contribution in [0.1, 0.15) is 37.0 Å². The van der Waals surface area contributed by atoms with Crippen molar-refractivity contribution in [3.8, 4) is 0 Å². The molecule has 6 nitrogen and oxygen atoms in total. The van der Waals surface area contributed by atoms with Gasteiger partial charge in [-0.05, 0) is 43.5 Å². The molecule has 1 unspecified atom stereocenters. The van der Waals surface area contributed by atoms with E-state index < -0.39 is 34.1 Å². The van der Waals surface area contributed by atoms with Crippen LogP contribution in [-0.2, 0) is 33.7 Å². The van der Waals surface area contributed by atoms with Crippen LogP contribution in [0.2, 0.25) is 0 Å². The van der Waals surface area contributed by atoms with Crippen molar-refractivity contribution in [1.82, 2.24) is 14.9 Å². The van der Waals surface area contributed by atoms with Crippen LogP contribution in [0.15, 0.2) is 54.6 Å². The van der Waals surface area contributed by atoms with Gasteiger partial charge in [0.05, 0.1) is 5.75 Å². The normalized spacial score (nSPS) is 19.5. The maximum Gasteiger partial charge on any atom is 0.404 e. The molecule has 0 aromatic heterocycles. The number of benzene rings is 2. The molecule has 1 atom stereocenters. The Balaban J connectivity index is 1.62. The molecule has 0 aliphatic carbocycles. The monoisotopic (exact) mass is 497 g/mol. The first-order valence-electron chi connectivity index (χ1n) is 11.1. The highest BCUT2D eigenvalue weighted by atomic mass is 32.2. The van der Waals surface area contributed by atoms with Gasteiger partial charge in [-0.1, -0.05) is 54.6 Å². The van der Waals surface area contributed by atoms with Crippen LogP contribution in [0, 0.1) is 5.41 Å². The van der Waals surface area contributed by atoms with E-state index >= 15 is 0 Å². The lowest BCUT2D eigenvalue weighted by atomic mass is 9.85. The lowest BCUT2D eigenvalue weighted by Crippen LogP contribution is -2.52. The largest absolute Gasteiger partial charge is 0.404 e. The SMILES string of the molecule is CC(C)NS(=O)(=O)Cc1ccc(CNC(=O)C2(C(F)(F)F)CCN(Cc3ccccc3)C2)cc1. The molecule has 1 amide bonds. The Morgan fingerprint density at radius 1 is 1.03 bits per heavy atom. The molecule has 0 spiro atoms. The van der Waals surface area contributed by atoms with Crippen LogP contribution in [0.3, 0.4) is 0 Å². The fourth-order valence-corrected chi connectivity index (χ4v) is 5.57. The number of hydrogen-bond acceptors (Lipinski definition) is 4. The number of carbonyl (C=O) groups excluding carboxylic acids is 1. The molecule has 34 heavy (non-hydrogen) atoms. The van der Waals surface area contributed by atoms with Crippen LogP contribution in [-0.4, -0.2) is 44.5 Å². The second kappa shape index (κ2) is 10.5. The second-order valence-electron chi connectivity index (χ2n) is 9.06. The van der Waals surface area contributed by atoms with Crippen LogP contribution in [0.25, 0.3) is 0 Å². The average molecular weight is 498 g/mol. The molecular formula is C24H30F3N3O3S. The lowest BCUT2D eigenvalue weighted by molar-refractivity contribution is -0.218. The van der Waals surface area contributed by atoms with Gasteiger partial charge in [-0.3, -0.25) is 9.69 Å². The van der Waals surface area contributed by atoms with Crippen LogP contribution >= 0.6 is 0 Å². The van der Waals surface area contributed by atoms with E-state index in [-0.39, 0.29) is 31.3 Å². The summed E-state index contributed by atoms with van der Waals surface area (Å²) >= 11 is 0. The molecule has 2 aromatic rings. The Kier molecular flexibility index (Phi) is 8.05. The molecule has 1 heterocycles. The van der Waals surface area contributed by atoms with Gasteiger partial charge < -0.3 is 5.32 Å². The third kappa shape index (κ3) is 6.58. The van der Waals surface area contributed by atoms with Crippen molar-refractivity contribution < 1.29 is 26.4 Å². The quantitative estimate of drug-likeness (QED) is 0.555. The zero-order valence-electron chi connectivity index (χ0n) is 19.2. The van der Waals surface area contributed by atoms with Crippen LogP contribution in [0.5, 0.6) is 0 Å². The summed E-state index contributed by atoms with van der Waals surface area (Å²) in [5.74, 6) is -1.24. The van der Waals surface area contributed by atoms with E-state index in [1.165, 1.54) is 0 Å². The number of halogens is 3. The van der Waals surface area contributed by atoms with Crippen LogP contribution in [0.4, 0.5) is 13.2 Å². The summed E-state index contributed by atoms with van der Waals surface area (Å²) in [5.41, 5.74) is -0.435. The molecular weight excluding hydrogens is 467 g/mol. The average Bonchev–Trinajstić information content (AvgIpc) is 3.18. The lowest BCUT2D eigenvalue weighted by Gasteiger charge is -2.30. The molecule has 3 rings (SSSR count). The predicted octanol–water partition coefficient (Wildman–Crippen LogP) is 3.59. The zero-order valence-corrected chi connectivity index (χ0v) is 20.0. The second-order valence-corrected chi connectivity index (χ2v) is 10.8. The number of amides is 1.